The molecule has 2 aliphatic rings. The van der Waals surface area contributed by atoms with E-state index in [0.29, 0.717) is 0 Å². The van der Waals surface area contributed by atoms with Crippen molar-refractivity contribution >= 4 is 0 Å². The molecule has 2 aromatic rings. The SMILES string of the molecule is c1ccc(CCCCN2CCC(CCCC3CCN(CCCCc4ccccc4)CC3)CC2)cc1. The maximum atomic E-state index is 2.73. The molecule has 0 bridgehead atoms. The van der Waals surface area contributed by atoms with Gasteiger partial charge in [-0.2, -0.15) is 0 Å². The zero-order chi connectivity index (χ0) is 24.0. The summed E-state index contributed by atoms with van der Waals surface area (Å²) in [6.07, 6.45) is 18.1. The van der Waals surface area contributed by atoms with Gasteiger partial charge in [-0.15, -0.1) is 0 Å². The van der Waals surface area contributed by atoms with Crippen molar-refractivity contribution in [3.05, 3.63) is 71.8 Å². The summed E-state index contributed by atoms with van der Waals surface area (Å²) in [6, 6.07) is 22.0. The van der Waals surface area contributed by atoms with Crippen LogP contribution in [0.15, 0.2) is 60.7 Å². The Labute approximate surface area is 216 Å². The Morgan fingerprint density at radius 3 is 1.29 bits per heavy atom. The Balaban J connectivity index is 0.969. The average Bonchev–Trinajstić information content (AvgIpc) is 2.92. The van der Waals surface area contributed by atoms with E-state index in [9.17, 15) is 0 Å². The van der Waals surface area contributed by atoms with Gasteiger partial charge in [-0.25, -0.2) is 0 Å². The first-order valence-electron chi connectivity index (χ1n) is 14.9. The second-order valence-corrected chi connectivity index (χ2v) is 11.4. The summed E-state index contributed by atoms with van der Waals surface area (Å²) in [4.78, 5) is 5.47. The van der Waals surface area contributed by atoms with E-state index in [2.05, 4.69) is 70.5 Å². The molecule has 0 aliphatic carbocycles. The first-order chi connectivity index (χ1) is 17.3. The van der Waals surface area contributed by atoms with Crippen molar-refractivity contribution in [3.63, 3.8) is 0 Å². The van der Waals surface area contributed by atoms with Gasteiger partial charge in [0.1, 0.15) is 0 Å². The van der Waals surface area contributed by atoms with Crippen LogP contribution in [0.5, 0.6) is 0 Å². The Kier molecular flexibility index (Phi) is 11.7. The highest BCUT2D eigenvalue weighted by molar-refractivity contribution is 5.15. The molecule has 2 aromatic carbocycles. The molecule has 2 heterocycles. The summed E-state index contributed by atoms with van der Waals surface area (Å²) < 4.78 is 0. The molecule has 35 heavy (non-hydrogen) atoms. The van der Waals surface area contributed by atoms with E-state index in [1.807, 2.05) is 0 Å². The predicted octanol–water partition coefficient (Wildman–Crippen LogP) is 7.63. The van der Waals surface area contributed by atoms with Crippen molar-refractivity contribution in [2.75, 3.05) is 39.3 Å². The lowest BCUT2D eigenvalue weighted by molar-refractivity contribution is 0.160. The number of hydrogen-bond acceptors (Lipinski definition) is 2. The van der Waals surface area contributed by atoms with Crippen molar-refractivity contribution in [2.45, 2.75) is 83.5 Å². The van der Waals surface area contributed by atoms with Gasteiger partial charge in [-0.1, -0.05) is 79.9 Å². The van der Waals surface area contributed by atoms with Crippen LogP contribution < -0.4 is 0 Å². The van der Waals surface area contributed by atoms with Crippen molar-refractivity contribution in [2.24, 2.45) is 11.8 Å². The van der Waals surface area contributed by atoms with Gasteiger partial charge in [-0.05, 0) is 126 Å². The van der Waals surface area contributed by atoms with Crippen LogP contribution in [0.1, 0.15) is 81.8 Å². The topological polar surface area (TPSA) is 6.48 Å². The fourth-order valence-corrected chi connectivity index (χ4v) is 6.31. The van der Waals surface area contributed by atoms with Crippen molar-refractivity contribution in [1.29, 1.82) is 0 Å². The zero-order valence-electron chi connectivity index (χ0n) is 22.3. The average molecular weight is 475 g/mol. The molecule has 192 valence electrons. The highest BCUT2D eigenvalue weighted by Gasteiger charge is 2.21. The molecule has 4 rings (SSSR count). The Bertz CT molecular complexity index is 706. The lowest BCUT2D eigenvalue weighted by atomic mass is 9.86. The van der Waals surface area contributed by atoms with E-state index in [1.54, 1.807) is 0 Å². The summed E-state index contributed by atoms with van der Waals surface area (Å²) in [5.74, 6) is 2.00. The van der Waals surface area contributed by atoms with E-state index in [0.717, 1.165) is 11.8 Å². The third-order valence-corrected chi connectivity index (χ3v) is 8.70. The summed E-state index contributed by atoms with van der Waals surface area (Å²) in [5.41, 5.74) is 2.99. The smallest absolute Gasteiger partial charge is 0.00161 e. The molecule has 2 heteroatoms. The zero-order valence-corrected chi connectivity index (χ0v) is 22.3. The molecule has 0 aromatic heterocycles. The van der Waals surface area contributed by atoms with Gasteiger partial charge in [0.2, 0.25) is 0 Å². The highest BCUT2D eigenvalue weighted by atomic mass is 15.1. The second kappa shape index (κ2) is 15.5. The van der Waals surface area contributed by atoms with Gasteiger partial charge in [0.25, 0.3) is 0 Å². The Morgan fingerprint density at radius 2 is 0.886 bits per heavy atom. The third kappa shape index (κ3) is 10.1. The largest absolute Gasteiger partial charge is 0.303 e. The van der Waals surface area contributed by atoms with Crippen LogP contribution in [0.4, 0.5) is 0 Å². The molecule has 2 fully saturated rings. The highest BCUT2D eigenvalue weighted by Crippen LogP contribution is 2.27. The maximum absolute atomic E-state index is 2.73. The molecule has 0 amide bonds. The van der Waals surface area contributed by atoms with Crippen LogP contribution in [0, 0.1) is 11.8 Å². The van der Waals surface area contributed by atoms with Gasteiger partial charge >= 0.3 is 0 Å². The predicted molar refractivity (Wildman–Crippen MR) is 151 cm³/mol. The number of rotatable bonds is 14. The minimum atomic E-state index is 1.00. The molecule has 0 radical (unpaired) electrons. The van der Waals surface area contributed by atoms with E-state index in [4.69, 9.17) is 0 Å². The third-order valence-electron chi connectivity index (χ3n) is 8.70. The summed E-state index contributed by atoms with van der Waals surface area (Å²) in [6.45, 7) is 8.00. The molecule has 0 spiro atoms. The standard InChI is InChI=1S/C33H50N2/c1-3-12-30(13-4-1)16-7-9-24-34-26-20-32(21-27-34)18-11-19-33-22-28-35(29-23-33)25-10-8-17-31-14-5-2-6-15-31/h1-6,12-15,32-33H,7-11,16-29H2. The van der Waals surface area contributed by atoms with E-state index in [-0.39, 0.29) is 0 Å². The monoisotopic (exact) mass is 474 g/mol. The Hall–Kier alpha value is -1.64. The van der Waals surface area contributed by atoms with Crippen LogP contribution >= 0.6 is 0 Å². The number of aryl methyl sites for hydroxylation is 2. The lowest BCUT2D eigenvalue weighted by Gasteiger charge is -2.33. The van der Waals surface area contributed by atoms with Gasteiger partial charge in [0.15, 0.2) is 0 Å². The fourth-order valence-electron chi connectivity index (χ4n) is 6.31. The van der Waals surface area contributed by atoms with Gasteiger partial charge in [-0.3, -0.25) is 0 Å². The van der Waals surface area contributed by atoms with E-state index >= 15 is 0 Å². The van der Waals surface area contributed by atoms with Crippen LogP contribution in [0.2, 0.25) is 0 Å². The second-order valence-electron chi connectivity index (χ2n) is 11.4. The fraction of sp³-hybridized carbons (Fsp3) is 0.636. The number of benzene rings is 2. The quantitative estimate of drug-likeness (QED) is 0.260. The van der Waals surface area contributed by atoms with Crippen molar-refractivity contribution in [3.8, 4) is 0 Å². The number of hydrogen-bond donors (Lipinski definition) is 0. The van der Waals surface area contributed by atoms with Gasteiger partial charge < -0.3 is 9.80 Å². The van der Waals surface area contributed by atoms with Crippen molar-refractivity contribution < 1.29 is 0 Å². The summed E-state index contributed by atoms with van der Waals surface area (Å²) in [7, 11) is 0. The lowest BCUT2D eigenvalue weighted by Crippen LogP contribution is -2.35. The maximum Gasteiger partial charge on any atom is -0.00161 e. The first kappa shape index (κ1) is 26.4. The molecule has 0 N–H and O–H groups in total. The molecule has 0 atom stereocenters. The van der Waals surface area contributed by atoms with Crippen LogP contribution in [-0.2, 0) is 12.8 Å². The number of nitrogens with zero attached hydrogens (tertiary/aromatic N) is 2. The molecule has 0 saturated carbocycles. The molecular weight excluding hydrogens is 424 g/mol. The molecule has 2 nitrogen and oxygen atoms in total. The molecule has 0 unspecified atom stereocenters. The number of likely N-dealkylation sites (tertiary alicyclic amines) is 2. The number of unbranched alkanes of at least 4 members (excludes halogenated alkanes) is 2. The van der Waals surface area contributed by atoms with Crippen LogP contribution in [-0.4, -0.2) is 49.1 Å². The van der Waals surface area contributed by atoms with Crippen LogP contribution in [0.3, 0.4) is 0 Å². The summed E-state index contributed by atoms with van der Waals surface area (Å²) in [5, 5.41) is 0. The van der Waals surface area contributed by atoms with Gasteiger partial charge in [0, 0.05) is 0 Å². The van der Waals surface area contributed by atoms with E-state index in [1.165, 1.54) is 134 Å². The van der Waals surface area contributed by atoms with Gasteiger partial charge in [0.05, 0.1) is 0 Å². The normalized spacial score (nSPS) is 18.7. The van der Waals surface area contributed by atoms with Crippen molar-refractivity contribution in [1.82, 2.24) is 9.80 Å². The minimum Gasteiger partial charge on any atom is -0.303 e. The molecular formula is C33H50N2. The van der Waals surface area contributed by atoms with Crippen LogP contribution in [0.25, 0.3) is 0 Å². The minimum absolute atomic E-state index is 1.00. The summed E-state index contributed by atoms with van der Waals surface area (Å²) >= 11 is 0. The molecule has 2 saturated heterocycles. The first-order valence-corrected chi connectivity index (χ1v) is 14.9. The van der Waals surface area contributed by atoms with E-state index < -0.39 is 0 Å². The Morgan fingerprint density at radius 1 is 0.486 bits per heavy atom. The number of piperidine rings is 2. The molecule has 2 aliphatic heterocycles.